The first-order valence-electron chi connectivity index (χ1n) is 7.65. The predicted molar refractivity (Wildman–Crippen MR) is 84.3 cm³/mol. The van der Waals surface area contributed by atoms with Crippen molar-refractivity contribution in [2.45, 2.75) is 43.8 Å². The molecule has 2 rings (SSSR count). The molecule has 1 heterocycles. The molecule has 0 atom stereocenters. The van der Waals surface area contributed by atoms with Crippen LogP contribution in [-0.4, -0.2) is 34.1 Å². The van der Waals surface area contributed by atoms with Gasteiger partial charge in [0, 0.05) is 19.2 Å². The number of carbonyl (C=O) groups is 2. The second-order valence-electron chi connectivity index (χ2n) is 5.87. The average Bonchev–Trinajstić information content (AvgIpc) is 2.97. The van der Waals surface area contributed by atoms with Gasteiger partial charge in [-0.1, -0.05) is 24.4 Å². The van der Waals surface area contributed by atoms with Crippen LogP contribution in [0.2, 0.25) is 5.02 Å². The molecule has 3 N–H and O–H groups in total. The molecule has 0 unspecified atom stereocenters. The van der Waals surface area contributed by atoms with E-state index in [1.54, 1.807) is 0 Å². The summed E-state index contributed by atoms with van der Waals surface area (Å²) in [6.07, 6.45) is -1.73. The van der Waals surface area contributed by atoms with Crippen molar-refractivity contribution in [2.75, 3.05) is 11.9 Å². The number of nitrogens with zero attached hydrogens (tertiary/aromatic N) is 1. The Labute approximate surface area is 146 Å². The van der Waals surface area contributed by atoms with Crippen LogP contribution in [0.4, 0.5) is 19.0 Å². The Bertz CT molecular complexity index is 661. The molecule has 1 aliphatic carbocycles. The summed E-state index contributed by atoms with van der Waals surface area (Å²) in [4.78, 5) is 26.9. The van der Waals surface area contributed by atoms with Gasteiger partial charge in [-0.25, -0.2) is 9.78 Å². The largest absolute Gasteiger partial charge is 0.480 e. The summed E-state index contributed by atoms with van der Waals surface area (Å²) in [6.45, 7) is 0.0552. The molecule has 0 aromatic carbocycles. The Morgan fingerprint density at radius 1 is 1.32 bits per heavy atom. The summed E-state index contributed by atoms with van der Waals surface area (Å²) in [7, 11) is 0. The van der Waals surface area contributed by atoms with Crippen LogP contribution in [0.15, 0.2) is 12.3 Å². The smallest absolute Gasteiger partial charge is 0.417 e. The maximum atomic E-state index is 12.5. The zero-order valence-electron chi connectivity index (χ0n) is 13.1. The summed E-state index contributed by atoms with van der Waals surface area (Å²) in [5.41, 5.74) is -2.19. The molecular formula is C15H17ClF3N3O3. The Balaban J connectivity index is 1.88. The van der Waals surface area contributed by atoms with Gasteiger partial charge in [-0.3, -0.25) is 4.79 Å². The molecule has 25 heavy (non-hydrogen) atoms. The fourth-order valence-electron chi connectivity index (χ4n) is 2.72. The molecule has 1 amide bonds. The normalized spacial score (nSPS) is 16.5. The Kier molecular flexibility index (Phi) is 5.76. The summed E-state index contributed by atoms with van der Waals surface area (Å²) >= 11 is 5.75. The van der Waals surface area contributed by atoms with Gasteiger partial charge >= 0.3 is 12.1 Å². The van der Waals surface area contributed by atoms with Crippen LogP contribution < -0.4 is 10.6 Å². The average molecular weight is 380 g/mol. The number of carboxylic acids is 1. The number of hydrogen-bond acceptors (Lipinski definition) is 4. The second kappa shape index (κ2) is 7.47. The summed E-state index contributed by atoms with van der Waals surface area (Å²) in [5, 5.41) is 14.3. The van der Waals surface area contributed by atoms with Crippen LogP contribution in [0.25, 0.3) is 0 Å². The van der Waals surface area contributed by atoms with Gasteiger partial charge in [0.2, 0.25) is 5.91 Å². The van der Waals surface area contributed by atoms with E-state index < -0.39 is 29.2 Å². The second-order valence-corrected chi connectivity index (χ2v) is 6.28. The highest BCUT2D eigenvalue weighted by molar-refractivity contribution is 6.32. The molecule has 1 fully saturated rings. The van der Waals surface area contributed by atoms with E-state index in [1.807, 2.05) is 0 Å². The van der Waals surface area contributed by atoms with Crippen molar-refractivity contribution in [3.63, 3.8) is 0 Å². The number of pyridine rings is 1. The topological polar surface area (TPSA) is 91.3 Å². The van der Waals surface area contributed by atoms with Gasteiger partial charge in [0.25, 0.3) is 0 Å². The van der Waals surface area contributed by atoms with Crippen LogP contribution in [0.5, 0.6) is 0 Å². The van der Waals surface area contributed by atoms with E-state index in [2.05, 4.69) is 15.6 Å². The maximum absolute atomic E-state index is 12.5. The lowest BCUT2D eigenvalue weighted by atomic mass is 9.97. The number of aliphatic carboxylic acids is 1. The molecule has 0 radical (unpaired) electrons. The lowest BCUT2D eigenvalue weighted by Crippen LogP contribution is -2.52. The third-order valence-electron chi connectivity index (χ3n) is 4.06. The molecule has 6 nitrogen and oxygen atoms in total. The number of amides is 1. The van der Waals surface area contributed by atoms with Crippen LogP contribution in [0, 0.1) is 0 Å². The molecule has 138 valence electrons. The van der Waals surface area contributed by atoms with E-state index in [9.17, 15) is 27.9 Å². The summed E-state index contributed by atoms with van der Waals surface area (Å²) < 4.78 is 37.6. The predicted octanol–water partition coefficient (Wildman–Crippen LogP) is 3.07. The number of hydrogen-bond donors (Lipinski definition) is 3. The molecule has 0 spiro atoms. The monoisotopic (exact) mass is 379 g/mol. The number of alkyl halides is 3. The van der Waals surface area contributed by atoms with Gasteiger partial charge in [0.1, 0.15) is 11.4 Å². The van der Waals surface area contributed by atoms with Gasteiger partial charge in [-0.2, -0.15) is 13.2 Å². The van der Waals surface area contributed by atoms with Crippen molar-refractivity contribution >= 4 is 29.3 Å². The highest BCUT2D eigenvalue weighted by atomic mass is 35.5. The highest BCUT2D eigenvalue weighted by Crippen LogP contribution is 2.32. The Hall–Kier alpha value is -2.03. The first-order valence-corrected chi connectivity index (χ1v) is 8.03. The number of halogens is 4. The van der Waals surface area contributed by atoms with E-state index in [0.29, 0.717) is 19.0 Å². The van der Waals surface area contributed by atoms with Crippen LogP contribution in [-0.2, 0) is 15.8 Å². The van der Waals surface area contributed by atoms with Crippen molar-refractivity contribution in [2.24, 2.45) is 0 Å². The molecular weight excluding hydrogens is 363 g/mol. The minimum atomic E-state index is -4.54. The molecule has 1 aromatic rings. The Morgan fingerprint density at radius 3 is 2.48 bits per heavy atom. The molecule has 1 aliphatic rings. The summed E-state index contributed by atoms with van der Waals surface area (Å²) in [5.74, 6) is -1.49. The van der Waals surface area contributed by atoms with Gasteiger partial charge in [0.15, 0.2) is 0 Å². The molecule has 0 saturated heterocycles. The van der Waals surface area contributed by atoms with Gasteiger partial charge in [-0.15, -0.1) is 0 Å². The third-order valence-corrected chi connectivity index (χ3v) is 4.35. The van der Waals surface area contributed by atoms with Gasteiger partial charge in [0.05, 0.1) is 10.6 Å². The SMILES string of the molecule is O=C(CCNc1ncc(C(F)(F)F)cc1Cl)NC1(C(=O)O)CCCC1. The van der Waals surface area contributed by atoms with E-state index in [4.69, 9.17) is 11.6 Å². The fraction of sp³-hybridized carbons (Fsp3) is 0.533. The first-order chi connectivity index (χ1) is 11.6. The first kappa shape index (κ1) is 19.3. The quantitative estimate of drug-likeness (QED) is 0.706. The van der Waals surface area contributed by atoms with Crippen molar-refractivity contribution in [3.05, 3.63) is 22.8 Å². The van der Waals surface area contributed by atoms with Crippen LogP contribution >= 0.6 is 11.6 Å². The number of aromatic nitrogens is 1. The maximum Gasteiger partial charge on any atom is 0.417 e. The Morgan fingerprint density at radius 2 is 1.96 bits per heavy atom. The van der Waals surface area contributed by atoms with E-state index in [1.165, 1.54) is 0 Å². The zero-order chi connectivity index (χ0) is 18.7. The van der Waals surface area contributed by atoms with Crippen molar-refractivity contribution in [1.82, 2.24) is 10.3 Å². The summed E-state index contributed by atoms with van der Waals surface area (Å²) in [6, 6.07) is 0.745. The van der Waals surface area contributed by atoms with E-state index in [0.717, 1.165) is 18.9 Å². The number of rotatable bonds is 6. The lowest BCUT2D eigenvalue weighted by molar-refractivity contribution is -0.147. The standard InChI is InChI=1S/C15H17ClF3N3O3/c16-10-7-9(15(17,18)19)8-21-12(10)20-6-3-11(23)22-14(13(24)25)4-1-2-5-14/h7-8H,1-6H2,(H,20,21)(H,22,23)(H,24,25). The number of anilines is 1. The molecule has 0 aliphatic heterocycles. The highest BCUT2D eigenvalue weighted by Gasteiger charge is 2.42. The number of nitrogens with one attached hydrogen (secondary N) is 2. The van der Waals surface area contributed by atoms with Crippen molar-refractivity contribution < 1.29 is 27.9 Å². The fourth-order valence-corrected chi connectivity index (χ4v) is 2.95. The van der Waals surface area contributed by atoms with Gasteiger partial charge < -0.3 is 15.7 Å². The minimum Gasteiger partial charge on any atom is -0.480 e. The molecule has 0 bridgehead atoms. The molecule has 1 saturated carbocycles. The van der Waals surface area contributed by atoms with Crippen LogP contribution in [0.3, 0.4) is 0 Å². The molecule has 1 aromatic heterocycles. The van der Waals surface area contributed by atoms with E-state index >= 15 is 0 Å². The van der Waals surface area contributed by atoms with Crippen LogP contribution in [0.1, 0.15) is 37.7 Å². The van der Waals surface area contributed by atoms with E-state index in [-0.39, 0.29) is 23.8 Å². The number of carbonyl (C=O) groups excluding carboxylic acids is 1. The molecule has 10 heteroatoms. The number of carboxylic acid groups (broad SMARTS) is 1. The van der Waals surface area contributed by atoms with Crippen molar-refractivity contribution in [1.29, 1.82) is 0 Å². The minimum absolute atomic E-state index is 0.0243. The van der Waals surface area contributed by atoms with Gasteiger partial charge in [-0.05, 0) is 18.9 Å². The lowest BCUT2D eigenvalue weighted by Gasteiger charge is -2.25. The third kappa shape index (κ3) is 4.75. The van der Waals surface area contributed by atoms with Crippen molar-refractivity contribution in [3.8, 4) is 0 Å². The zero-order valence-corrected chi connectivity index (χ0v) is 13.9.